The first-order valence-electron chi connectivity index (χ1n) is 8.76. The monoisotopic (exact) mass is 353 g/mol. The lowest BCUT2D eigenvalue weighted by atomic mass is 9.99. The molecule has 0 aliphatic heterocycles. The number of unbranched alkanes of at least 4 members (excludes halogenated alkanes) is 7. The summed E-state index contributed by atoms with van der Waals surface area (Å²) < 4.78 is 1.16. The van der Waals surface area contributed by atoms with Crippen molar-refractivity contribution in [3.05, 3.63) is 34.3 Å². The Morgan fingerprint density at radius 3 is 2.00 bits per heavy atom. The molecule has 0 radical (unpaired) electrons. The highest BCUT2D eigenvalue weighted by molar-refractivity contribution is 9.10. The van der Waals surface area contributed by atoms with E-state index >= 15 is 0 Å². The topological polar surface area (TPSA) is 12.0 Å². The minimum Gasteiger partial charge on any atom is -0.310 e. The maximum Gasteiger partial charge on any atom is 0.0320 e. The summed E-state index contributed by atoms with van der Waals surface area (Å²) in [6.07, 6.45) is 12.4. The fourth-order valence-electron chi connectivity index (χ4n) is 2.81. The third-order valence-corrected chi connectivity index (χ3v) is 4.60. The van der Waals surface area contributed by atoms with Crippen LogP contribution >= 0.6 is 15.9 Å². The van der Waals surface area contributed by atoms with Crippen LogP contribution < -0.4 is 5.32 Å². The van der Waals surface area contributed by atoms with Crippen LogP contribution in [0.25, 0.3) is 0 Å². The Labute approximate surface area is 140 Å². The van der Waals surface area contributed by atoms with E-state index in [4.69, 9.17) is 0 Å². The van der Waals surface area contributed by atoms with E-state index in [1.165, 1.54) is 63.4 Å². The average molecular weight is 354 g/mol. The molecule has 0 bridgehead atoms. The molecule has 0 saturated heterocycles. The van der Waals surface area contributed by atoms with Crippen LogP contribution in [-0.2, 0) is 0 Å². The van der Waals surface area contributed by atoms with Gasteiger partial charge in [-0.1, -0.05) is 93.3 Å². The second-order valence-electron chi connectivity index (χ2n) is 5.93. The van der Waals surface area contributed by atoms with Crippen LogP contribution in [0.1, 0.15) is 83.2 Å². The highest BCUT2D eigenvalue weighted by Gasteiger charge is 2.09. The summed E-state index contributed by atoms with van der Waals surface area (Å²) in [5.74, 6) is 0. The molecule has 1 unspecified atom stereocenters. The fourth-order valence-corrected chi connectivity index (χ4v) is 3.07. The third kappa shape index (κ3) is 8.63. The van der Waals surface area contributed by atoms with Crippen molar-refractivity contribution in [3.63, 3.8) is 0 Å². The number of halogens is 1. The zero-order valence-corrected chi connectivity index (χ0v) is 15.4. The third-order valence-electron chi connectivity index (χ3n) is 4.07. The molecule has 0 aliphatic carbocycles. The summed E-state index contributed by atoms with van der Waals surface area (Å²) in [7, 11) is 0. The molecule has 0 aromatic heterocycles. The zero-order chi connectivity index (χ0) is 15.3. The van der Waals surface area contributed by atoms with Crippen molar-refractivity contribution in [2.24, 2.45) is 0 Å². The minimum atomic E-state index is 0.517. The number of nitrogens with one attached hydrogen (secondary N) is 1. The van der Waals surface area contributed by atoms with E-state index in [1.54, 1.807) is 0 Å². The normalized spacial score (nSPS) is 12.5. The van der Waals surface area contributed by atoms with Crippen molar-refractivity contribution >= 4 is 15.9 Å². The van der Waals surface area contributed by atoms with Crippen molar-refractivity contribution in [2.75, 3.05) is 6.54 Å². The van der Waals surface area contributed by atoms with Crippen molar-refractivity contribution in [1.82, 2.24) is 5.32 Å². The Bertz CT molecular complexity index is 347. The lowest BCUT2D eigenvalue weighted by molar-refractivity contribution is 0.475. The molecular formula is C19H32BrN. The van der Waals surface area contributed by atoms with Gasteiger partial charge in [0.1, 0.15) is 0 Å². The maximum absolute atomic E-state index is 3.62. The highest BCUT2D eigenvalue weighted by atomic mass is 79.9. The summed E-state index contributed by atoms with van der Waals surface area (Å²) >= 11 is 3.51. The molecule has 1 rings (SSSR count). The van der Waals surface area contributed by atoms with Crippen LogP contribution in [0.3, 0.4) is 0 Å². The molecule has 1 atom stereocenters. The van der Waals surface area contributed by atoms with Gasteiger partial charge >= 0.3 is 0 Å². The van der Waals surface area contributed by atoms with Crippen LogP contribution in [0.4, 0.5) is 0 Å². The number of hydrogen-bond acceptors (Lipinski definition) is 1. The number of benzene rings is 1. The van der Waals surface area contributed by atoms with Gasteiger partial charge in [-0.05, 0) is 30.7 Å². The predicted octanol–water partition coefficient (Wildman–Crippen LogP) is 6.63. The summed E-state index contributed by atoms with van der Waals surface area (Å²) in [4.78, 5) is 0. The van der Waals surface area contributed by atoms with E-state index < -0.39 is 0 Å². The van der Waals surface area contributed by atoms with Crippen LogP contribution in [0.15, 0.2) is 28.7 Å². The highest BCUT2D eigenvalue weighted by Crippen LogP contribution is 2.22. The molecule has 0 amide bonds. The molecular weight excluding hydrogens is 322 g/mol. The summed E-state index contributed by atoms with van der Waals surface area (Å²) in [5.41, 5.74) is 1.42. The first-order chi connectivity index (χ1) is 10.3. The van der Waals surface area contributed by atoms with Gasteiger partial charge in [-0.3, -0.25) is 0 Å². The lowest BCUT2D eigenvalue weighted by Crippen LogP contribution is -2.20. The Morgan fingerprint density at radius 1 is 0.857 bits per heavy atom. The van der Waals surface area contributed by atoms with Crippen LogP contribution in [0.5, 0.6) is 0 Å². The molecule has 0 fully saturated rings. The first-order valence-corrected chi connectivity index (χ1v) is 9.56. The second kappa shape index (κ2) is 12.2. The molecule has 1 nitrogen and oxygen atoms in total. The Balaban J connectivity index is 2.21. The van der Waals surface area contributed by atoms with Crippen molar-refractivity contribution < 1.29 is 0 Å². The van der Waals surface area contributed by atoms with Gasteiger partial charge in [-0.2, -0.15) is 0 Å². The van der Waals surface area contributed by atoms with Crippen LogP contribution in [0.2, 0.25) is 0 Å². The van der Waals surface area contributed by atoms with Gasteiger partial charge < -0.3 is 5.32 Å². The molecule has 120 valence electrons. The van der Waals surface area contributed by atoms with Gasteiger partial charge in [0.2, 0.25) is 0 Å². The van der Waals surface area contributed by atoms with Gasteiger partial charge in [-0.25, -0.2) is 0 Å². The zero-order valence-electron chi connectivity index (χ0n) is 13.8. The van der Waals surface area contributed by atoms with E-state index in [0.29, 0.717) is 6.04 Å². The van der Waals surface area contributed by atoms with Gasteiger partial charge in [-0.15, -0.1) is 0 Å². The fraction of sp³-hybridized carbons (Fsp3) is 0.684. The van der Waals surface area contributed by atoms with Crippen molar-refractivity contribution in [1.29, 1.82) is 0 Å². The van der Waals surface area contributed by atoms with E-state index in [9.17, 15) is 0 Å². The summed E-state index contributed by atoms with van der Waals surface area (Å²) in [5, 5.41) is 3.62. The molecule has 1 aromatic rings. The molecule has 1 aromatic carbocycles. The van der Waals surface area contributed by atoms with Crippen LogP contribution in [-0.4, -0.2) is 6.54 Å². The first kappa shape index (κ1) is 18.7. The smallest absolute Gasteiger partial charge is 0.0320 e. The van der Waals surface area contributed by atoms with Gasteiger partial charge in [0.05, 0.1) is 0 Å². The van der Waals surface area contributed by atoms with E-state index in [2.05, 4.69) is 59.4 Å². The van der Waals surface area contributed by atoms with Gasteiger partial charge in [0.25, 0.3) is 0 Å². The van der Waals surface area contributed by atoms with Crippen molar-refractivity contribution in [2.45, 2.75) is 77.7 Å². The SMILES string of the molecule is CCCCCCCCCCC(NCC)c1ccc(Br)cc1. The maximum atomic E-state index is 3.62. The number of rotatable bonds is 12. The predicted molar refractivity (Wildman–Crippen MR) is 97.8 cm³/mol. The van der Waals surface area contributed by atoms with Gasteiger partial charge in [0.15, 0.2) is 0 Å². The quantitative estimate of drug-likeness (QED) is 0.415. The summed E-state index contributed by atoms with van der Waals surface area (Å²) in [6, 6.07) is 9.29. The standard InChI is InChI=1S/C19H32BrN/c1-3-5-6-7-8-9-10-11-12-19(21-4-2)17-13-15-18(20)16-14-17/h13-16,19,21H,3-12H2,1-2H3. The molecule has 1 N–H and O–H groups in total. The Hall–Kier alpha value is -0.340. The van der Waals surface area contributed by atoms with E-state index in [0.717, 1.165) is 11.0 Å². The van der Waals surface area contributed by atoms with Crippen molar-refractivity contribution in [3.8, 4) is 0 Å². The molecule has 0 aliphatic rings. The minimum absolute atomic E-state index is 0.517. The Morgan fingerprint density at radius 2 is 1.43 bits per heavy atom. The molecule has 0 saturated carbocycles. The Kier molecular flexibility index (Phi) is 10.9. The number of hydrogen-bond donors (Lipinski definition) is 1. The van der Waals surface area contributed by atoms with E-state index in [-0.39, 0.29) is 0 Å². The largest absolute Gasteiger partial charge is 0.310 e. The van der Waals surface area contributed by atoms with E-state index in [1.807, 2.05) is 0 Å². The van der Waals surface area contributed by atoms with Crippen LogP contribution in [0, 0.1) is 0 Å². The summed E-state index contributed by atoms with van der Waals surface area (Å²) in [6.45, 7) is 5.51. The molecule has 0 spiro atoms. The average Bonchev–Trinajstić information content (AvgIpc) is 2.50. The molecule has 0 heterocycles. The van der Waals surface area contributed by atoms with Gasteiger partial charge in [0, 0.05) is 10.5 Å². The lowest BCUT2D eigenvalue weighted by Gasteiger charge is -2.18. The molecule has 21 heavy (non-hydrogen) atoms. The second-order valence-corrected chi connectivity index (χ2v) is 6.84. The molecule has 2 heteroatoms.